The number of benzene rings is 1. The zero-order valence-electron chi connectivity index (χ0n) is 15.8. The molecule has 146 valence electrons. The lowest BCUT2D eigenvalue weighted by Crippen LogP contribution is -2.41. The van der Waals surface area contributed by atoms with Gasteiger partial charge >= 0.3 is 0 Å². The summed E-state index contributed by atoms with van der Waals surface area (Å²) < 4.78 is 25.0. The summed E-state index contributed by atoms with van der Waals surface area (Å²) in [5.74, 6) is 0.0476. The number of aryl methyl sites for hydroxylation is 2. The summed E-state index contributed by atoms with van der Waals surface area (Å²) in [6.45, 7) is 5.79. The number of sulfone groups is 1. The van der Waals surface area contributed by atoms with Gasteiger partial charge in [0, 0.05) is 13.1 Å². The van der Waals surface area contributed by atoms with Crippen molar-refractivity contribution in [2.24, 2.45) is 0 Å². The van der Waals surface area contributed by atoms with E-state index in [1.807, 2.05) is 26.0 Å². The molecule has 2 atom stereocenters. The number of rotatable bonds is 5. The van der Waals surface area contributed by atoms with Crippen molar-refractivity contribution in [3.05, 3.63) is 29.3 Å². The lowest BCUT2D eigenvalue weighted by molar-refractivity contribution is -0.130. The molecule has 1 fully saturated rings. The third kappa shape index (κ3) is 4.49. The number of aromatic nitrogens is 4. The van der Waals surface area contributed by atoms with Gasteiger partial charge in [-0.2, -0.15) is 4.68 Å². The predicted molar refractivity (Wildman–Crippen MR) is 104 cm³/mol. The van der Waals surface area contributed by atoms with E-state index in [1.165, 1.54) is 11.8 Å². The maximum atomic E-state index is 12.8. The van der Waals surface area contributed by atoms with Crippen LogP contribution in [-0.2, 0) is 14.6 Å². The SMILES string of the molecule is Cc1cc(C)cc(-n2nnnc2S[C@@H](C)C(=O)N(C)[C@H]2CCS(=O)(=O)C2)c1. The van der Waals surface area contributed by atoms with Crippen LogP contribution in [0.4, 0.5) is 0 Å². The van der Waals surface area contributed by atoms with Crippen molar-refractivity contribution in [1.29, 1.82) is 0 Å². The third-order valence-electron chi connectivity index (χ3n) is 4.63. The van der Waals surface area contributed by atoms with Crippen LogP contribution in [0.5, 0.6) is 0 Å². The Morgan fingerprint density at radius 3 is 2.56 bits per heavy atom. The van der Waals surface area contributed by atoms with Gasteiger partial charge in [-0.3, -0.25) is 4.79 Å². The summed E-state index contributed by atoms with van der Waals surface area (Å²) in [6, 6.07) is 5.77. The monoisotopic (exact) mass is 409 g/mol. The first-order valence-corrected chi connectivity index (χ1v) is 11.4. The van der Waals surface area contributed by atoms with Crippen LogP contribution in [0.2, 0.25) is 0 Å². The molecule has 0 unspecified atom stereocenters. The van der Waals surface area contributed by atoms with Gasteiger partial charge in [-0.15, -0.1) is 5.10 Å². The largest absolute Gasteiger partial charge is 0.341 e. The molecule has 1 aliphatic rings. The van der Waals surface area contributed by atoms with E-state index in [2.05, 4.69) is 21.6 Å². The Hall–Kier alpha value is -1.94. The van der Waals surface area contributed by atoms with E-state index in [9.17, 15) is 13.2 Å². The number of carbonyl (C=O) groups excluding carboxylic acids is 1. The van der Waals surface area contributed by atoms with Gasteiger partial charge in [0.1, 0.15) is 0 Å². The van der Waals surface area contributed by atoms with Crippen molar-refractivity contribution in [3.8, 4) is 5.69 Å². The first-order valence-electron chi connectivity index (χ1n) is 8.67. The van der Waals surface area contributed by atoms with Crippen molar-refractivity contribution in [2.45, 2.75) is 43.6 Å². The quantitative estimate of drug-likeness (QED) is 0.689. The summed E-state index contributed by atoms with van der Waals surface area (Å²) in [5, 5.41) is 11.9. The first-order chi connectivity index (χ1) is 12.7. The summed E-state index contributed by atoms with van der Waals surface area (Å²) in [6.07, 6.45) is 0.488. The van der Waals surface area contributed by atoms with Crippen LogP contribution in [0.3, 0.4) is 0 Å². The van der Waals surface area contributed by atoms with Gasteiger partial charge in [0.15, 0.2) is 9.84 Å². The molecule has 1 aromatic carbocycles. The molecule has 0 bridgehead atoms. The van der Waals surface area contributed by atoms with Crippen molar-refractivity contribution >= 4 is 27.5 Å². The normalized spacial score (nSPS) is 19.8. The smallest absolute Gasteiger partial charge is 0.235 e. The summed E-state index contributed by atoms with van der Waals surface area (Å²) >= 11 is 1.26. The molecule has 0 aliphatic carbocycles. The highest BCUT2D eigenvalue weighted by Gasteiger charge is 2.34. The fourth-order valence-corrected chi connectivity index (χ4v) is 5.93. The molecule has 8 nitrogen and oxygen atoms in total. The Morgan fingerprint density at radius 1 is 1.30 bits per heavy atom. The molecule has 1 saturated heterocycles. The Labute approximate surface area is 163 Å². The Kier molecular flexibility index (Phi) is 5.57. The fourth-order valence-electron chi connectivity index (χ4n) is 3.24. The fraction of sp³-hybridized carbons (Fsp3) is 0.529. The van der Waals surface area contributed by atoms with Gasteiger partial charge in [-0.05, 0) is 60.9 Å². The number of nitrogens with zero attached hydrogens (tertiary/aromatic N) is 5. The lowest BCUT2D eigenvalue weighted by atomic mass is 10.1. The Bertz CT molecular complexity index is 937. The van der Waals surface area contributed by atoms with Crippen molar-refractivity contribution in [2.75, 3.05) is 18.6 Å². The zero-order chi connectivity index (χ0) is 19.8. The van der Waals surface area contributed by atoms with Gasteiger partial charge in [0.05, 0.1) is 22.4 Å². The van der Waals surface area contributed by atoms with E-state index >= 15 is 0 Å². The van der Waals surface area contributed by atoms with E-state index in [-0.39, 0.29) is 23.5 Å². The highest BCUT2D eigenvalue weighted by molar-refractivity contribution is 8.00. The van der Waals surface area contributed by atoms with Gasteiger partial charge in [0.2, 0.25) is 11.1 Å². The number of amides is 1. The zero-order valence-corrected chi connectivity index (χ0v) is 17.4. The molecule has 0 radical (unpaired) electrons. The topological polar surface area (TPSA) is 98.1 Å². The van der Waals surface area contributed by atoms with Crippen LogP contribution in [0.15, 0.2) is 23.4 Å². The molecule has 0 N–H and O–H groups in total. The predicted octanol–water partition coefficient (Wildman–Crippen LogP) is 1.41. The molecule has 0 saturated carbocycles. The average molecular weight is 410 g/mol. The van der Waals surface area contributed by atoms with Gasteiger partial charge < -0.3 is 4.90 Å². The highest BCUT2D eigenvalue weighted by atomic mass is 32.2. The maximum Gasteiger partial charge on any atom is 0.235 e. The lowest BCUT2D eigenvalue weighted by Gasteiger charge is -2.26. The van der Waals surface area contributed by atoms with Gasteiger partial charge in [-0.25, -0.2) is 8.42 Å². The molecule has 2 heterocycles. The summed E-state index contributed by atoms with van der Waals surface area (Å²) in [7, 11) is -1.37. The van der Waals surface area contributed by atoms with E-state index in [0.29, 0.717) is 11.6 Å². The van der Waals surface area contributed by atoms with Gasteiger partial charge in [-0.1, -0.05) is 17.8 Å². The minimum absolute atomic E-state index is 0.0347. The number of thioether (sulfide) groups is 1. The van der Waals surface area contributed by atoms with Crippen molar-refractivity contribution in [3.63, 3.8) is 0 Å². The standard InChI is InChI=1S/C17H23N5O3S2/c1-11-7-12(2)9-15(8-11)22-17(18-19-20-22)26-13(3)16(23)21(4)14-5-6-27(24,25)10-14/h7-9,13-14H,5-6,10H2,1-4H3/t13-,14-/m0/s1. The second-order valence-electron chi connectivity index (χ2n) is 6.99. The van der Waals surface area contributed by atoms with Crippen LogP contribution in [0, 0.1) is 13.8 Å². The van der Waals surface area contributed by atoms with Crippen LogP contribution < -0.4 is 0 Å². The summed E-state index contributed by atoms with van der Waals surface area (Å²) in [4.78, 5) is 14.3. The van der Waals surface area contributed by atoms with Crippen LogP contribution in [0.25, 0.3) is 5.69 Å². The maximum absolute atomic E-state index is 12.8. The highest BCUT2D eigenvalue weighted by Crippen LogP contribution is 2.26. The molecule has 3 rings (SSSR count). The molecule has 27 heavy (non-hydrogen) atoms. The third-order valence-corrected chi connectivity index (χ3v) is 7.40. The molecular weight excluding hydrogens is 386 g/mol. The Balaban J connectivity index is 1.74. The summed E-state index contributed by atoms with van der Waals surface area (Å²) in [5.41, 5.74) is 3.04. The van der Waals surface area contributed by atoms with Crippen LogP contribution in [0.1, 0.15) is 24.5 Å². The average Bonchev–Trinajstić information content (AvgIpc) is 3.18. The number of hydrogen-bond acceptors (Lipinski definition) is 7. The second kappa shape index (κ2) is 7.59. The van der Waals surface area contributed by atoms with E-state index in [4.69, 9.17) is 0 Å². The molecular formula is C17H23N5O3S2. The molecule has 0 spiro atoms. The molecule has 1 amide bonds. The minimum Gasteiger partial charge on any atom is -0.341 e. The van der Waals surface area contributed by atoms with E-state index in [0.717, 1.165) is 16.8 Å². The van der Waals surface area contributed by atoms with Crippen LogP contribution in [-0.4, -0.2) is 69.3 Å². The van der Waals surface area contributed by atoms with E-state index in [1.54, 1.807) is 23.6 Å². The van der Waals surface area contributed by atoms with Crippen molar-refractivity contribution in [1.82, 2.24) is 25.1 Å². The van der Waals surface area contributed by atoms with Crippen molar-refractivity contribution < 1.29 is 13.2 Å². The minimum atomic E-state index is -3.04. The first kappa shape index (κ1) is 19.8. The Morgan fingerprint density at radius 2 is 1.96 bits per heavy atom. The second-order valence-corrected chi connectivity index (χ2v) is 10.5. The van der Waals surface area contributed by atoms with E-state index < -0.39 is 15.1 Å². The van der Waals surface area contributed by atoms with Gasteiger partial charge in [0.25, 0.3) is 0 Å². The number of hydrogen-bond donors (Lipinski definition) is 0. The molecule has 2 aromatic rings. The number of carbonyl (C=O) groups is 1. The number of tetrazole rings is 1. The van der Waals surface area contributed by atoms with Crippen LogP contribution >= 0.6 is 11.8 Å². The molecule has 10 heteroatoms. The molecule has 1 aromatic heterocycles. The molecule has 1 aliphatic heterocycles.